The van der Waals surface area contributed by atoms with Crippen LogP contribution in [0.5, 0.6) is 11.5 Å². The van der Waals surface area contributed by atoms with Crippen LogP contribution in [0.4, 0.5) is 10.5 Å². The number of methoxy groups -OCH3 is 2. The number of ether oxygens (including phenoxy) is 3. The highest BCUT2D eigenvalue weighted by atomic mass is 35.5. The second kappa shape index (κ2) is 7.56. The zero-order chi connectivity index (χ0) is 16.1. The number of halogens is 1. The Morgan fingerprint density at radius 1 is 1.32 bits per heavy atom. The van der Waals surface area contributed by atoms with Crippen LogP contribution in [-0.4, -0.2) is 39.0 Å². The summed E-state index contributed by atoms with van der Waals surface area (Å²) in [6.45, 7) is 2.67. The average molecular weight is 329 g/mol. The molecule has 2 rings (SSSR count). The van der Waals surface area contributed by atoms with Crippen molar-refractivity contribution in [2.45, 2.75) is 31.9 Å². The van der Waals surface area contributed by atoms with Gasteiger partial charge in [0.25, 0.3) is 0 Å². The van der Waals surface area contributed by atoms with Crippen molar-refractivity contribution in [2.75, 3.05) is 26.1 Å². The minimum absolute atomic E-state index is 0.146. The van der Waals surface area contributed by atoms with Gasteiger partial charge in [-0.3, -0.25) is 0 Å². The molecular formula is C15H21ClN2O4. The average Bonchev–Trinajstić information content (AvgIpc) is 2.44. The fraction of sp³-hybridized carbons (Fsp3) is 0.533. The van der Waals surface area contributed by atoms with Crippen molar-refractivity contribution in [1.82, 2.24) is 5.32 Å². The zero-order valence-corrected chi connectivity index (χ0v) is 13.7. The third kappa shape index (κ3) is 3.96. The number of nitrogens with one attached hydrogen (secondary N) is 2. The normalized spacial score (nSPS) is 20.0. The van der Waals surface area contributed by atoms with Gasteiger partial charge in [0.15, 0.2) is 11.5 Å². The number of hydrogen-bond acceptors (Lipinski definition) is 4. The van der Waals surface area contributed by atoms with E-state index < -0.39 is 0 Å². The second-order valence-electron chi connectivity index (χ2n) is 5.04. The van der Waals surface area contributed by atoms with Gasteiger partial charge in [-0.25, -0.2) is 4.79 Å². The van der Waals surface area contributed by atoms with E-state index in [9.17, 15) is 4.79 Å². The van der Waals surface area contributed by atoms with Crippen LogP contribution in [0.3, 0.4) is 0 Å². The van der Waals surface area contributed by atoms with Gasteiger partial charge >= 0.3 is 6.03 Å². The largest absolute Gasteiger partial charge is 0.493 e. The van der Waals surface area contributed by atoms with Gasteiger partial charge in [0.2, 0.25) is 0 Å². The Balaban J connectivity index is 1.91. The van der Waals surface area contributed by atoms with Crippen molar-refractivity contribution in [3.63, 3.8) is 0 Å². The standard InChI is InChI=1S/C15H21ClN2O4/c1-4-22-11-5-9(6-11)17-15(19)18-10-7-12(16)14(21-3)13(8-10)20-2/h7-9,11H,4-6H2,1-3H3,(H2,17,18,19). The summed E-state index contributed by atoms with van der Waals surface area (Å²) >= 11 is 6.10. The topological polar surface area (TPSA) is 68.8 Å². The maximum absolute atomic E-state index is 12.0. The minimum Gasteiger partial charge on any atom is -0.493 e. The fourth-order valence-corrected chi connectivity index (χ4v) is 2.69. The molecule has 122 valence electrons. The predicted octanol–water partition coefficient (Wildman–Crippen LogP) is 3.05. The lowest BCUT2D eigenvalue weighted by Gasteiger charge is -2.35. The molecule has 1 aliphatic rings. The van der Waals surface area contributed by atoms with Crippen LogP contribution in [0.25, 0.3) is 0 Å². The first kappa shape index (κ1) is 16.7. The molecule has 0 heterocycles. The van der Waals surface area contributed by atoms with Gasteiger partial charge in [0, 0.05) is 24.4 Å². The lowest BCUT2D eigenvalue weighted by molar-refractivity contribution is -0.00673. The van der Waals surface area contributed by atoms with Crippen molar-refractivity contribution < 1.29 is 19.0 Å². The van der Waals surface area contributed by atoms with Crippen LogP contribution in [0.1, 0.15) is 19.8 Å². The van der Waals surface area contributed by atoms with E-state index in [2.05, 4.69) is 10.6 Å². The van der Waals surface area contributed by atoms with Crippen molar-refractivity contribution in [1.29, 1.82) is 0 Å². The quantitative estimate of drug-likeness (QED) is 0.842. The number of benzene rings is 1. The van der Waals surface area contributed by atoms with Crippen LogP contribution in [0, 0.1) is 0 Å². The van der Waals surface area contributed by atoms with Crippen molar-refractivity contribution in [3.05, 3.63) is 17.2 Å². The molecule has 0 atom stereocenters. The molecule has 1 saturated carbocycles. The van der Waals surface area contributed by atoms with E-state index in [0.717, 1.165) is 12.8 Å². The molecule has 0 bridgehead atoms. The predicted molar refractivity (Wildman–Crippen MR) is 85.1 cm³/mol. The Bertz CT molecular complexity index is 533. The van der Waals surface area contributed by atoms with Gasteiger partial charge < -0.3 is 24.8 Å². The van der Waals surface area contributed by atoms with E-state index in [1.54, 1.807) is 12.1 Å². The Morgan fingerprint density at radius 3 is 2.64 bits per heavy atom. The molecule has 2 amide bonds. The number of rotatable bonds is 6. The molecule has 0 aliphatic heterocycles. The minimum atomic E-state index is -0.275. The first-order chi connectivity index (χ1) is 10.6. The first-order valence-corrected chi connectivity index (χ1v) is 7.55. The molecule has 0 unspecified atom stereocenters. The maximum atomic E-state index is 12.0. The lowest BCUT2D eigenvalue weighted by atomic mass is 9.89. The zero-order valence-electron chi connectivity index (χ0n) is 12.9. The number of carbonyl (C=O) groups excluding carboxylic acids is 1. The van der Waals surface area contributed by atoms with Gasteiger partial charge in [-0.2, -0.15) is 0 Å². The molecule has 6 nitrogen and oxygen atoms in total. The highest BCUT2D eigenvalue weighted by Crippen LogP contribution is 2.37. The molecule has 0 aromatic heterocycles. The van der Waals surface area contributed by atoms with E-state index in [1.807, 2.05) is 6.92 Å². The Labute approximate surface area is 135 Å². The monoisotopic (exact) mass is 328 g/mol. The summed E-state index contributed by atoms with van der Waals surface area (Å²) < 4.78 is 15.8. The maximum Gasteiger partial charge on any atom is 0.319 e. The van der Waals surface area contributed by atoms with Crippen molar-refractivity contribution in [3.8, 4) is 11.5 Å². The molecule has 1 aliphatic carbocycles. The molecule has 2 N–H and O–H groups in total. The van der Waals surface area contributed by atoms with Gasteiger partial charge in [-0.05, 0) is 25.8 Å². The molecule has 1 fully saturated rings. The summed E-state index contributed by atoms with van der Waals surface area (Å²) in [5.41, 5.74) is 0.542. The van der Waals surface area contributed by atoms with Crippen LogP contribution in [0.2, 0.25) is 5.02 Å². The van der Waals surface area contributed by atoms with Gasteiger partial charge in [-0.1, -0.05) is 11.6 Å². The molecule has 22 heavy (non-hydrogen) atoms. The summed E-state index contributed by atoms with van der Waals surface area (Å²) in [6, 6.07) is 3.15. The number of hydrogen-bond donors (Lipinski definition) is 2. The van der Waals surface area contributed by atoms with E-state index in [-0.39, 0.29) is 18.2 Å². The highest BCUT2D eigenvalue weighted by Gasteiger charge is 2.30. The summed E-state index contributed by atoms with van der Waals surface area (Å²) in [4.78, 5) is 12.0. The van der Waals surface area contributed by atoms with E-state index in [4.69, 9.17) is 25.8 Å². The fourth-order valence-electron chi connectivity index (χ4n) is 2.40. The number of anilines is 1. The van der Waals surface area contributed by atoms with Crippen LogP contribution in [-0.2, 0) is 4.74 Å². The molecule has 0 spiro atoms. The van der Waals surface area contributed by atoms with Gasteiger partial charge in [0.1, 0.15) is 0 Å². The Kier molecular flexibility index (Phi) is 5.74. The first-order valence-electron chi connectivity index (χ1n) is 7.18. The van der Waals surface area contributed by atoms with Crippen LogP contribution in [0.15, 0.2) is 12.1 Å². The molecular weight excluding hydrogens is 308 g/mol. The SMILES string of the molecule is CCOC1CC(NC(=O)Nc2cc(Cl)c(OC)c(OC)c2)C1. The highest BCUT2D eigenvalue weighted by molar-refractivity contribution is 6.32. The summed E-state index contributed by atoms with van der Waals surface area (Å²) in [6.07, 6.45) is 1.94. The third-order valence-corrected chi connectivity index (χ3v) is 3.80. The van der Waals surface area contributed by atoms with Crippen LogP contribution >= 0.6 is 11.6 Å². The van der Waals surface area contributed by atoms with E-state index in [0.29, 0.717) is 28.8 Å². The molecule has 1 aromatic carbocycles. The summed E-state index contributed by atoms with van der Waals surface area (Å²) in [5, 5.41) is 6.01. The van der Waals surface area contributed by atoms with Crippen LogP contribution < -0.4 is 20.1 Å². The van der Waals surface area contributed by atoms with E-state index in [1.165, 1.54) is 14.2 Å². The second-order valence-corrected chi connectivity index (χ2v) is 5.44. The number of amides is 2. The van der Waals surface area contributed by atoms with Crippen molar-refractivity contribution >= 4 is 23.3 Å². The lowest BCUT2D eigenvalue weighted by Crippen LogP contribution is -2.49. The number of urea groups is 1. The summed E-state index contributed by atoms with van der Waals surface area (Å²) in [7, 11) is 3.02. The van der Waals surface area contributed by atoms with Gasteiger partial charge in [-0.15, -0.1) is 0 Å². The summed E-state index contributed by atoms with van der Waals surface area (Å²) in [5.74, 6) is 0.902. The Morgan fingerprint density at radius 2 is 2.05 bits per heavy atom. The molecule has 0 saturated heterocycles. The smallest absolute Gasteiger partial charge is 0.319 e. The third-order valence-electron chi connectivity index (χ3n) is 3.52. The molecule has 1 aromatic rings. The molecule has 0 radical (unpaired) electrons. The number of carbonyl (C=O) groups is 1. The van der Waals surface area contributed by atoms with Gasteiger partial charge in [0.05, 0.1) is 25.3 Å². The Hall–Kier alpha value is -1.66. The van der Waals surface area contributed by atoms with E-state index >= 15 is 0 Å². The van der Waals surface area contributed by atoms with Crippen molar-refractivity contribution in [2.24, 2.45) is 0 Å². The molecule has 7 heteroatoms.